The van der Waals surface area contributed by atoms with Crippen LogP contribution in [0.2, 0.25) is 0 Å². The molecule has 1 amide bonds. The zero-order chi connectivity index (χ0) is 15.9. The highest BCUT2D eigenvalue weighted by Crippen LogP contribution is 2.17. The smallest absolute Gasteiger partial charge is 0.262 e. The number of nitrogens with one attached hydrogen (secondary N) is 1. The third-order valence-electron chi connectivity index (χ3n) is 2.86. The number of nitriles is 1. The summed E-state index contributed by atoms with van der Waals surface area (Å²) in [5.41, 5.74) is 0.891. The van der Waals surface area contributed by atoms with Gasteiger partial charge in [-0.2, -0.15) is 5.26 Å². The van der Waals surface area contributed by atoms with E-state index < -0.39 is 5.91 Å². The van der Waals surface area contributed by atoms with Crippen molar-refractivity contribution in [1.29, 1.82) is 5.26 Å². The lowest BCUT2D eigenvalue weighted by Gasteiger charge is -2.05. The number of carbonyl (C=O) groups excluding carboxylic acids is 1. The highest BCUT2D eigenvalue weighted by Gasteiger charge is 2.10. The molecule has 2 aromatic rings. The maximum atomic E-state index is 12.0. The molecule has 1 aromatic carbocycles. The van der Waals surface area contributed by atoms with Crippen LogP contribution in [0.25, 0.3) is 6.08 Å². The summed E-state index contributed by atoms with van der Waals surface area (Å²) in [6.07, 6.45) is 1.40. The van der Waals surface area contributed by atoms with Crippen LogP contribution in [0.4, 0.5) is 0 Å². The van der Waals surface area contributed by atoms with Crippen LogP contribution in [-0.4, -0.2) is 13.0 Å². The van der Waals surface area contributed by atoms with E-state index in [1.807, 2.05) is 30.3 Å². The molecular formula is C16H13BrN2O3. The molecule has 1 N–H and O–H groups in total. The molecule has 0 aliphatic heterocycles. The van der Waals surface area contributed by atoms with E-state index >= 15 is 0 Å². The molecule has 2 rings (SSSR count). The van der Waals surface area contributed by atoms with E-state index in [2.05, 4.69) is 21.2 Å². The lowest BCUT2D eigenvalue weighted by molar-refractivity contribution is -0.117. The molecule has 112 valence electrons. The van der Waals surface area contributed by atoms with Gasteiger partial charge in [0.15, 0.2) is 4.67 Å². The van der Waals surface area contributed by atoms with Gasteiger partial charge in [0.1, 0.15) is 23.2 Å². The zero-order valence-electron chi connectivity index (χ0n) is 11.8. The molecule has 0 spiro atoms. The summed E-state index contributed by atoms with van der Waals surface area (Å²) < 4.78 is 10.9. The summed E-state index contributed by atoms with van der Waals surface area (Å²) in [6, 6.07) is 12.5. The summed E-state index contributed by atoms with van der Waals surface area (Å²) in [6.45, 7) is 0.323. The Kier molecular flexibility index (Phi) is 5.39. The largest absolute Gasteiger partial charge is 0.497 e. The average Bonchev–Trinajstić information content (AvgIpc) is 2.96. The lowest BCUT2D eigenvalue weighted by Crippen LogP contribution is -2.23. The van der Waals surface area contributed by atoms with Crippen molar-refractivity contribution in [1.82, 2.24) is 5.32 Å². The summed E-state index contributed by atoms with van der Waals surface area (Å²) >= 11 is 3.16. The van der Waals surface area contributed by atoms with Crippen LogP contribution in [0, 0.1) is 11.3 Å². The van der Waals surface area contributed by atoms with Gasteiger partial charge < -0.3 is 14.5 Å². The van der Waals surface area contributed by atoms with Crippen LogP contribution >= 0.6 is 15.9 Å². The normalized spacial score (nSPS) is 10.9. The van der Waals surface area contributed by atoms with E-state index in [4.69, 9.17) is 14.4 Å². The van der Waals surface area contributed by atoms with Gasteiger partial charge in [0.05, 0.1) is 7.11 Å². The Morgan fingerprint density at radius 3 is 2.64 bits per heavy atom. The van der Waals surface area contributed by atoms with E-state index in [0.717, 1.165) is 11.3 Å². The molecule has 0 radical (unpaired) electrons. The van der Waals surface area contributed by atoms with E-state index in [1.54, 1.807) is 19.2 Å². The Bertz CT molecular complexity index is 727. The number of nitrogens with zero attached hydrogens (tertiary/aromatic N) is 1. The van der Waals surface area contributed by atoms with Crippen molar-refractivity contribution in [3.63, 3.8) is 0 Å². The summed E-state index contributed by atoms with van der Waals surface area (Å²) in [4.78, 5) is 12.0. The standard InChI is InChI=1S/C16H13BrN2O3/c1-21-13-4-2-11(3-5-13)10-19-16(20)12(9-18)8-14-6-7-15(17)22-14/h2-8H,10H2,1H3,(H,19,20)/b12-8-. The molecule has 0 saturated carbocycles. The second-order valence-corrected chi connectivity index (χ2v) is 5.12. The minimum absolute atomic E-state index is 0.0182. The third kappa shape index (κ3) is 4.24. The van der Waals surface area contributed by atoms with Crippen molar-refractivity contribution in [3.8, 4) is 11.8 Å². The molecule has 0 saturated heterocycles. The zero-order valence-corrected chi connectivity index (χ0v) is 13.4. The van der Waals surface area contributed by atoms with Crippen molar-refractivity contribution in [2.75, 3.05) is 7.11 Å². The van der Waals surface area contributed by atoms with Crippen LogP contribution in [-0.2, 0) is 11.3 Å². The molecule has 0 fully saturated rings. The van der Waals surface area contributed by atoms with Gasteiger partial charge in [-0.3, -0.25) is 4.79 Å². The molecule has 6 heteroatoms. The fourth-order valence-corrected chi connectivity index (χ4v) is 2.04. The summed E-state index contributed by atoms with van der Waals surface area (Å²) in [5.74, 6) is 0.727. The van der Waals surface area contributed by atoms with Gasteiger partial charge in [0.25, 0.3) is 5.91 Å². The number of carbonyl (C=O) groups is 1. The van der Waals surface area contributed by atoms with Gasteiger partial charge in [-0.15, -0.1) is 0 Å². The highest BCUT2D eigenvalue weighted by molar-refractivity contribution is 9.10. The molecule has 22 heavy (non-hydrogen) atoms. The number of rotatable bonds is 5. The van der Waals surface area contributed by atoms with Crippen molar-refractivity contribution in [2.45, 2.75) is 6.54 Å². The van der Waals surface area contributed by atoms with E-state index in [0.29, 0.717) is 17.0 Å². The topological polar surface area (TPSA) is 75.3 Å². The number of benzene rings is 1. The van der Waals surface area contributed by atoms with E-state index in [1.165, 1.54) is 6.08 Å². The first-order chi connectivity index (χ1) is 10.6. The first kappa shape index (κ1) is 15.9. The van der Waals surface area contributed by atoms with Crippen molar-refractivity contribution >= 4 is 27.9 Å². The molecule has 0 bridgehead atoms. The molecule has 5 nitrogen and oxygen atoms in total. The van der Waals surface area contributed by atoms with Gasteiger partial charge in [-0.25, -0.2) is 0 Å². The van der Waals surface area contributed by atoms with Crippen LogP contribution < -0.4 is 10.1 Å². The number of hydrogen-bond acceptors (Lipinski definition) is 4. The predicted octanol–water partition coefficient (Wildman–Crippen LogP) is 3.27. The minimum atomic E-state index is -0.453. The predicted molar refractivity (Wildman–Crippen MR) is 84.8 cm³/mol. The summed E-state index contributed by atoms with van der Waals surface area (Å²) in [7, 11) is 1.59. The highest BCUT2D eigenvalue weighted by atomic mass is 79.9. The van der Waals surface area contributed by atoms with Crippen molar-refractivity contribution in [3.05, 3.63) is 58.0 Å². The monoisotopic (exact) mass is 360 g/mol. The number of furan rings is 1. The van der Waals surface area contributed by atoms with Gasteiger partial charge in [0, 0.05) is 12.6 Å². The lowest BCUT2D eigenvalue weighted by atomic mass is 10.2. The SMILES string of the molecule is COc1ccc(CNC(=O)/C(C#N)=C\c2ccc(Br)o2)cc1. The van der Waals surface area contributed by atoms with Gasteiger partial charge >= 0.3 is 0 Å². The van der Waals surface area contributed by atoms with Gasteiger partial charge in [-0.05, 0) is 45.8 Å². The molecule has 0 aliphatic rings. The minimum Gasteiger partial charge on any atom is -0.497 e. The molecule has 0 unspecified atom stereocenters. The molecular weight excluding hydrogens is 348 g/mol. The van der Waals surface area contributed by atoms with Crippen molar-refractivity contribution in [2.24, 2.45) is 0 Å². The van der Waals surface area contributed by atoms with E-state index in [-0.39, 0.29) is 5.57 Å². The Hall–Kier alpha value is -2.52. The first-order valence-electron chi connectivity index (χ1n) is 6.40. The second kappa shape index (κ2) is 7.48. The maximum absolute atomic E-state index is 12.0. The number of methoxy groups -OCH3 is 1. The molecule has 0 atom stereocenters. The van der Waals surface area contributed by atoms with Gasteiger partial charge in [0.2, 0.25) is 0 Å². The Labute approximate surface area is 136 Å². The number of hydrogen-bond donors (Lipinski definition) is 1. The first-order valence-corrected chi connectivity index (χ1v) is 7.20. The Balaban J connectivity index is 2.00. The van der Waals surface area contributed by atoms with Gasteiger partial charge in [-0.1, -0.05) is 12.1 Å². The van der Waals surface area contributed by atoms with Crippen LogP contribution in [0.1, 0.15) is 11.3 Å². The number of ether oxygens (including phenoxy) is 1. The summed E-state index contributed by atoms with van der Waals surface area (Å²) in [5, 5.41) is 11.8. The fourth-order valence-electron chi connectivity index (χ4n) is 1.72. The Morgan fingerprint density at radius 2 is 2.09 bits per heavy atom. The molecule has 1 heterocycles. The molecule has 0 aliphatic carbocycles. The molecule has 1 aromatic heterocycles. The van der Waals surface area contributed by atoms with Crippen molar-refractivity contribution < 1.29 is 13.9 Å². The quantitative estimate of drug-likeness (QED) is 0.655. The Morgan fingerprint density at radius 1 is 1.36 bits per heavy atom. The maximum Gasteiger partial charge on any atom is 0.262 e. The number of halogens is 1. The number of amides is 1. The van der Waals surface area contributed by atoms with Crippen LogP contribution in [0.3, 0.4) is 0 Å². The third-order valence-corrected chi connectivity index (χ3v) is 3.28. The van der Waals surface area contributed by atoms with Crippen LogP contribution in [0.15, 0.2) is 51.1 Å². The van der Waals surface area contributed by atoms with E-state index in [9.17, 15) is 4.79 Å². The average molecular weight is 361 g/mol. The van der Waals surface area contributed by atoms with Crippen LogP contribution in [0.5, 0.6) is 5.75 Å². The second-order valence-electron chi connectivity index (χ2n) is 4.34. The fraction of sp³-hybridized carbons (Fsp3) is 0.125.